The van der Waals surface area contributed by atoms with Crippen LogP contribution >= 0.6 is 0 Å². The fourth-order valence-corrected chi connectivity index (χ4v) is 5.47. The first-order valence-corrected chi connectivity index (χ1v) is 13.0. The molecule has 3 aromatic rings. The molecule has 0 bridgehead atoms. The van der Waals surface area contributed by atoms with Gasteiger partial charge in [-0.1, -0.05) is 55.3 Å². The predicted molar refractivity (Wildman–Crippen MR) is 145 cm³/mol. The molecule has 1 saturated heterocycles. The molecule has 3 aromatic carbocycles. The van der Waals surface area contributed by atoms with Crippen LogP contribution in [0.25, 0.3) is 11.1 Å². The van der Waals surface area contributed by atoms with Gasteiger partial charge < -0.3 is 10.2 Å². The molecule has 0 radical (unpaired) electrons. The van der Waals surface area contributed by atoms with Gasteiger partial charge in [0.15, 0.2) is 0 Å². The van der Waals surface area contributed by atoms with E-state index in [1.54, 1.807) is 29.0 Å². The third-order valence-corrected chi connectivity index (χ3v) is 7.72. The van der Waals surface area contributed by atoms with Crippen LogP contribution in [0, 0.1) is 11.7 Å². The quantitative estimate of drug-likeness (QED) is 0.461. The van der Waals surface area contributed by atoms with Crippen molar-refractivity contribution in [3.05, 3.63) is 84.7 Å². The van der Waals surface area contributed by atoms with Crippen LogP contribution in [0.5, 0.6) is 0 Å². The smallest absolute Gasteiger partial charge is 0.321 e. The molecule has 4 unspecified atom stereocenters. The second kappa shape index (κ2) is 10.7. The van der Waals surface area contributed by atoms with Crippen molar-refractivity contribution < 1.29 is 14.0 Å². The number of carbonyl (C=O) groups excluding carboxylic acids is 2. The molecule has 2 fully saturated rings. The standard InChI is InChI=1S/C30H33FN4O2/c1-20(34(2)30(37)32-24-16-12-22(13-17-24)21-8-4-3-5-9-21)28-33-27-11-7-6-10-26(27)29(36)35(28)25-18-14-23(31)15-19-25/h3-5,8-9,12-20,26-28,33H,6-7,10-11H2,1-2H3,(H,32,37). The van der Waals surface area contributed by atoms with Gasteiger partial charge >= 0.3 is 6.03 Å². The van der Waals surface area contributed by atoms with Gasteiger partial charge in [0, 0.05) is 24.5 Å². The topological polar surface area (TPSA) is 64.7 Å². The maximum atomic E-state index is 13.7. The summed E-state index contributed by atoms with van der Waals surface area (Å²) in [6.45, 7) is 1.93. The molecule has 5 rings (SSSR count). The lowest BCUT2D eigenvalue weighted by atomic mass is 9.81. The second-order valence-electron chi connectivity index (χ2n) is 10.0. The number of nitrogens with zero attached hydrogens (tertiary/aromatic N) is 2. The Hall–Kier alpha value is -3.71. The SMILES string of the molecule is CC(C1NC2CCCCC2C(=O)N1c1ccc(F)cc1)N(C)C(=O)Nc1ccc(-c2ccccc2)cc1. The van der Waals surface area contributed by atoms with Crippen molar-refractivity contribution in [3.63, 3.8) is 0 Å². The summed E-state index contributed by atoms with van der Waals surface area (Å²) in [7, 11) is 1.74. The first-order valence-electron chi connectivity index (χ1n) is 13.0. The van der Waals surface area contributed by atoms with Crippen LogP contribution in [0.15, 0.2) is 78.9 Å². The summed E-state index contributed by atoms with van der Waals surface area (Å²) in [6, 6.07) is 23.3. The van der Waals surface area contributed by atoms with Crippen molar-refractivity contribution in [2.75, 3.05) is 17.3 Å². The average Bonchev–Trinajstić information content (AvgIpc) is 2.94. The van der Waals surface area contributed by atoms with Gasteiger partial charge in [-0.05, 0) is 67.3 Å². The number of hydrogen-bond donors (Lipinski definition) is 2. The number of hydrogen-bond acceptors (Lipinski definition) is 3. The molecule has 0 aromatic heterocycles. The summed E-state index contributed by atoms with van der Waals surface area (Å²) >= 11 is 0. The summed E-state index contributed by atoms with van der Waals surface area (Å²) in [5.74, 6) is -0.419. The van der Waals surface area contributed by atoms with Crippen LogP contribution < -0.4 is 15.5 Å². The van der Waals surface area contributed by atoms with Gasteiger partial charge in [-0.2, -0.15) is 0 Å². The lowest BCUT2D eigenvalue weighted by Gasteiger charge is -2.49. The molecular weight excluding hydrogens is 467 g/mol. The number of carbonyl (C=O) groups is 2. The van der Waals surface area contributed by atoms with E-state index in [1.165, 1.54) is 12.1 Å². The zero-order valence-electron chi connectivity index (χ0n) is 21.2. The minimum absolute atomic E-state index is 0.0391. The molecule has 6 nitrogen and oxygen atoms in total. The van der Waals surface area contributed by atoms with Crippen LogP contribution in [-0.4, -0.2) is 42.1 Å². The number of likely N-dealkylation sites (N-methyl/N-ethyl adjacent to an activating group) is 1. The molecule has 2 aliphatic rings. The second-order valence-corrected chi connectivity index (χ2v) is 10.0. The molecule has 192 valence electrons. The van der Waals surface area contributed by atoms with Crippen molar-refractivity contribution in [1.29, 1.82) is 0 Å². The van der Waals surface area contributed by atoms with Crippen LogP contribution in [0.1, 0.15) is 32.6 Å². The molecule has 0 spiro atoms. The average molecular weight is 501 g/mol. The molecule has 3 amide bonds. The van der Waals surface area contributed by atoms with E-state index in [0.717, 1.165) is 36.8 Å². The minimum atomic E-state index is -0.437. The van der Waals surface area contributed by atoms with Crippen molar-refractivity contribution in [2.45, 2.75) is 50.9 Å². The third-order valence-electron chi connectivity index (χ3n) is 7.72. The summed E-state index contributed by atoms with van der Waals surface area (Å²) < 4.78 is 13.7. The monoisotopic (exact) mass is 500 g/mol. The van der Waals surface area contributed by atoms with E-state index in [4.69, 9.17) is 0 Å². The van der Waals surface area contributed by atoms with E-state index in [1.807, 2.05) is 61.5 Å². The first kappa shape index (κ1) is 25.0. The minimum Gasteiger partial charge on any atom is -0.321 e. The van der Waals surface area contributed by atoms with Crippen LogP contribution in [0.2, 0.25) is 0 Å². The molecule has 1 aliphatic carbocycles. The number of anilines is 2. The van der Waals surface area contributed by atoms with E-state index in [-0.39, 0.29) is 35.8 Å². The zero-order chi connectivity index (χ0) is 25.9. The lowest BCUT2D eigenvalue weighted by Crippen LogP contribution is -2.69. The molecule has 37 heavy (non-hydrogen) atoms. The Morgan fingerprint density at radius 3 is 2.32 bits per heavy atom. The molecular formula is C30H33FN4O2. The molecule has 2 N–H and O–H groups in total. The number of halogens is 1. The fraction of sp³-hybridized carbons (Fsp3) is 0.333. The predicted octanol–water partition coefficient (Wildman–Crippen LogP) is 5.87. The summed E-state index contributed by atoms with van der Waals surface area (Å²) in [5.41, 5.74) is 3.51. The number of benzene rings is 3. The van der Waals surface area contributed by atoms with E-state index < -0.39 is 6.17 Å². The zero-order valence-corrected chi connectivity index (χ0v) is 21.2. The lowest BCUT2D eigenvalue weighted by molar-refractivity contribution is -0.127. The Morgan fingerprint density at radius 1 is 0.973 bits per heavy atom. The summed E-state index contributed by atoms with van der Waals surface area (Å²) in [6.07, 6.45) is 3.44. The highest BCUT2D eigenvalue weighted by atomic mass is 19.1. The van der Waals surface area contributed by atoms with Crippen molar-refractivity contribution in [3.8, 4) is 11.1 Å². The van der Waals surface area contributed by atoms with Gasteiger partial charge in [0.1, 0.15) is 12.0 Å². The van der Waals surface area contributed by atoms with Crippen LogP contribution in [0.3, 0.4) is 0 Å². The van der Waals surface area contributed by atoms with Gasteiger partial charge in [0.05, 0.1) is 12.0 Å². The van der Waals surface area contributed by atoms with E-state index in [9.17, 15) is 14.0 Å². The Bertz CT molecular complexity index is 1230. The van der Waals surface area contributed by atoms with Gasteiger partial charge in [-0.25, -0.2) is 9.18 Å². The van der Waals surface area contributed by atoms with Gasteiger partial charge in [-0.3, -0.25) is 15.0 Å². The Labute approximate surface area is 217 Å². The molecule has 1 saturated carbocycles. The van der Waals surface area contributed by atoms with Crippen molar-refractivity contribution >= 4 is 23.3 Å². The highest BCUT2D eigenvalue weighted by Crippen LogP contribution is 2.34. The molecule has 7 heteroatoms. The maximum Gasteiger partial charge on any atom is 0.321 e. The largest absolute Gasteiger partial charge is 0.321 e. The molecule has 1 heterocycles. The van der Waals surface area contributed by atoms with Gasteiger partial charge in [0.25, 0.3) is 0 Å². The van der Waals surface area contributed by atoms with Gasteiger partial charge in [-0.15, -0.1) is 0 Å². The van der Waals surface area contributed by atoms with Crippen LogP contribution in [0.4, 0.5) is 20.6 Å². The molecule has 1 aliphatic heterocycles. The maximum absolute atomic E-state index is 13.7. The summed E-state index contributed by atoms with van der Waals surface area (Å²) in [5, 5.41) is 6.64. The fourth-order valence-electron chi connectivity index (χ4n) is 5.47. The Kier molecular flexibility index (Phi) is 7.24. The number of rotatable bonds is 5. The van der Waals surface area contributed by atoms with E-state index in [0.29, 0.717) is 11.4 Å². The Balaban J connectivity index is 1.33. The van der Waals surface area contributed by atoms with Crippen molar-refractivity contribution in [2.24, 2.45) is 5.92 Å². The number of urea groups is 1. The highest BCUT2D eigenvalue weighted by Gasteiger charge is 2.45. The third kappa shape index (κ3) is 5.23. The molecule has 4 atom stereocenters. The summed E-state index contributed by atoms with van der Waals surface area (Å²) in [4.78, 5) is 30.2. The normalized spacial score (nSPS) is 22.2. The number of fused-ring (bicyclic) bond motifs is 1. The van der Waals surface area contributed by atoms with Crippen molar-refractivity contribution in [1.82, 2.24) is 10.2 Å². The van der Waals surface area contributed by atoms with Crippen LogP contribution in [-0.2, 0) is 4.79 Å². The van der Waals surface area contributed by atoms with Gasteiger partial charge in [0.2, 0.25) is 5.91 Å². The van der Waals surface area contributed by atoms with E-state index in [2.05, 4.69) is 10.6 Å². The highest BCUT2D eigenvalue weighted by molar-refractivity contribution is 5.97. The number of nitrogens with one attached hydrogen (secondary N) is 2. The Morgan fingerprint density at radius 2 is 1.62 bits per heavy atom. The van der Waals surface area contributed by atoms with E-state index >= 15 is 0 Å². The number of amides is 3. The first-order chi connectivity index (χ1) is 17.9.